The Hall–Kier alpha value is -2.28. The van der Waals surface area contributed by atoms with Gasteiger partial charge in [-0.15, -0.1) is 0 Å². The van der Waals surface area contributed by atoms with E-state index in [-0.39, 0.29) is 30.9 Å². The lowest BCUT2D eigenvalue weighted by Crippen LogP contribution is -2.35. The third-order valence-electron chi connectivity index (χ3n) is 3.33. The van der Waals surface area contributed by atoms with Gasteiger partial charge in [0.05, 0.1) is 12.6 Å². The lowest BCUT2D eigenvalue weighted by Gasteiger charge is -2.14. The summed E-state index contributed by atoms with van der Waals surface area (Å²) in [6.45, 7) is 4.92. The molecule has 6 nitrogen and oxygen atoms in total. The van der Waals surface area contributed by atoms with Gasteiger partial charge in [0.25, 0.3) is 0 Å². The van der Waals surface area contributed by atoms with Crippen LogP contribution in [-0.2, 0) is 17.9 Å². The average Bonchev–Trinajstić information content (AvgIpc) is 3.00. The molecule has 2 rings (SSSR count). The van der Waals surface area contributed by atoms with Crippen molar-refractivity contribution >= 4 is 5.91 Å². The van der Waals surface area contributed by atoms with E-state index in [1.807, 2.05) is 13.8 Å². The standard InChI is InChI=1S/C15H20FN5O/c1-3-21-15(19-10-20-21)11(2)17-9-14(22)18-8-12-6-4-5-7-13(12)16/h4-7,10-11,17H,3,8-9H2,1-2H3,(H,18,22). The van der Waals surface area contributed by atoms with E-state index in [0.717, 1.165) is 12.4 Å². The summed E-state index contributed by atoms with van der Waals surface area (Å²) in [6, 6.07) is 6.28. The summed E-state index contributed by atoms with van der Waals surface area (Å²) in [6.07, 6.45) is 1.50. The fourth-order valence-corrected chi connectivity index (χ4v) is 2.09. The number of hydrogen-bond donors (Lipinski definition) is 2. The van der Waals surface area contributed by atoms with Crippen molar-refractivity contribution < 1.29 is 9.18 Å². The molecule has 22 heavy (non-hydrogen) atoms. The smallest absolute Gasteiger partial charge is 0.234 e. The molecule has 0 fully saturated rings. The van der Waals surface area contributed by atoms with Crippen LogP contribution in [0.2, 0.25) is 0 Å². The molecular formula is C15H20FN5O. The molecule has 0 aliphatic rings. The first-order chi connectivity index (χ1) is 10.6. The molecule has 0 radical (unpaired) electrons. The van der Waals surface area contributed by atoms with Gasteiger partial charge in [0, 0.05) is 18.7 Å². The average molecular weight is 305 g/mol. The van der Waals surface area contributed by atoms with Crippen LogP contribution in [0.25, 0.3) is 0 Å². The summed E-state index contributed by atoms with van der Waals surface area (Å²) in [5, 5.41) is 9.86. The van der Waals surface area contributed by atoms with Crippen LogP contribution in [0.15, 0.2) is 30.6 Å². The van der Waals surface area contributed by atoms with Crippen LogP contribution in [0.3, 0.4) is 0 Å². The predicted octanol–water partition coefficient (Wildman–Crippen LogP) is 1.40. The van der Waals surface area contributed by atoms with Crippen LogP contribution in [0.5, 0.6) is 0 Å². The Morgan fingerprint density at radius 2 is 2.18 bits per heavy atom. The van der Waals surface area contributed by atoms with Gasteiger partial charge < -0.3 is 5.32 Å². The van der Waals surface area contributed by atoms with Crippen LogP contribution in [0, 0.1) is 5.82 Å². The Morgan fingerprint density at radius 1 is 1.41 bits per heavy atom. The Morgan fingerprint density at radius 3 is 2.91 bits per heavy atom. The fraction of sp³-hybridized carbons (Fsp3) is 0.400. The van der Waals surface area contributed by atoms with E-state index in [1.54, 1.807) is 22.9 Å². The number of benzene rings is 1. The first kappa shape index (κ1) is 16.1. The third kappa shape index (κ3) is 4.11. The van der Waals surface area contributed by atoms with Crippen LogP contribution in [0.4, 0.5) is 4.39 Å². The number of halogens is 1. The molecule has 1 heterocycles. The maximum absolute atomic E-state index is 13.4. The fourth-order valence-electron chi connectivity index (χ4n) is 2.09. The van der Waals surface area contributed by atoms with Crippen molar-refractivity contribution in [2.75, 3.05) is 6.54 Å². The van der Waals surface area contributed by atoms with E-state index in [0.29, 0.717) is 5.56 Å². The molecule has 0 bridgehead atoms. The van der Waals surface area contributed by atoms with Crippen molar-refractivity contribution in [3.63, 3.8) is 0 Å². The van der Waals surface area contributed by atoms with E-state index < -0.39 is 0 Å². The van der Waals surface area contributed by atoms with Crippen molar-refractivity contribution in [3.8, 4) is 0 Å². The van der Waals surface area contributed by atoms with Gasteiger partial charge in [-0.3, -0.25) is 10.1 Å². The van der Waals surface area contributed by atoms with Gasteiger partial charge in [-0.05, 0) is 19.9 Å². The first-order valence-electron chi connectivity index (χ1n) is 7.23. The van der Waals surface area contributed by atoms with Crippen molar-refractivity contribution in [2.45, 2.75) is 33.0 Å². The number of aryl methyl sites for hydroxylation is 1. The zero-order valence-corrected chi connectivity index (χ0v) is 12.7. The molecule has 7 heteroatoms. The van der Waals surface area contributed by atoms with Crippen LogP contribution in [0.1, 0.15) is 31.3 Å². The molecule has 2 N–H and O–H groups in total. The maximum atomic E-state index is 13.4. The number of carbonyl (C=O) groups excluding carboxylic acids is 1. The molecule has 1 unspecified atom stereocenters. The Kier molecular flexibility index (Phi) is 5.60. The minimum atomic E-state index is -0.319. The number of nitrogens with zero attached hydrogens (tertiary/aromatic N) is 3. The molecule has 0 saturated heterocycles. The molecule has 118 valence electrons. The van der Waals surface area contributed by atoms with Crippen molar-refractivity contribution in [2.24, 2.45) is 0 Å². The molecule has 2 aromatic rings. The number of hydrogen-bond acceptors (Lipinski definition) is 4. The number of rotatable bonds is 7. The first-order valence-corrected chi connectivity index (χ1v) is 7.23. The van der Waals surface area contributed by atoms with E-state index in [2.05, 4.69) is 20.7 Å². The highest BCUT2D eigenvalue weighted by molar-refractivity contribution is 5.78. The van der Waals surface area contributed by atoms with E-state index in [9.17, 15) is 9.18 Å². The van der Waals surface area contributed by atoms with Crippen LogP contribution >= 0.6 is 0 Å². The Labute approximate surface area is 128 Å². The summed E-state index contributed by atoms with van der Waals surface area (Å²) in [7, 11) is 0. The van der Waals surface area contributed by atoms with Gasteiger partial charge in [0.2, 0.25) is 5.91 Å². The number of amides is 1. The zero-order chi connectivity index (χ0) is 15.9. The SMILES string of the molecule is CCn1ncnc1C(C)NCC(=O)NCc1ccccc1F. The van der Waals surface area contributed by atoms with Crippen LogP contribution in [-0.4, -0.2) is 27.2 Å². The minimum Gasteiger partial charge on any atom is -0.351 e. The topological polar surface area (TPSA) is 71.8 Å². The normalized spacial score (nSPS) is 12.1. The lowest BCUT2D eigenvalue weighted by molar-refractivity contribution is -0.120. The molecule has 1 aromatic carbocycles. The van der Waals surface area contributed by atoms with Crippen molar-refractivity contribution in [1.29, 1.82) is 0 Å². The molecular weight excluding hydrogens is 285 g/mol. The van der Waals surface area contributed by atoms with Crippen LogP contribution < -0.4 is 10.6 Å². The van der Waals surface area contributed by atoms with E-state index >= 15 is 0 Å². The number of carbonyl (C=O) groups is 1. The largest absolute Gasteiger partial charge is 0.351 e. The number of nitrogens with one attached hydrogen (secondary N) is 2. The maximum Gasteiger partial charge on any atom is 0.234 e. The van der Waals surface area contributed by atoms with Gasteiger partial charge in [0.1, 0.15) is 18.0 Å². The van der Waals surface area contributed by atoms with E-state index in [1.165, 1.54) is 12.4 Å². The second-order valence-corrected chi connectivity index (χ2v) is 4.90. The second kappa shape index (κ2) is 7.65. The zero-order valence-electron chi connectivity index (χ0n) is 12.7. The van der Waals surface area contributed by atoms with Gasteiger partial charge in [-0.25, -0.2) is 14.1 Å². The van der Waals surface area contributed by atoms with E-state index in [4.69, 9.17) is 0 Å². The highest BCUT2D eigenvalue weighted by atomic mass is 19.1. The summed E-state index contributed by atoms with van der Waals surface area (Å²) in [5.41, 5.74) is 0.467. The summed E-state index contributed by atoms with van der Waals surface area (Å²) in [5.74, 6) is 0.266. The van der Waals surface area contributed by atoms with Gasteiger partial charge >= 0.3 is 0 Å². The van der Waals surface area contributed by atoms with Crippen molar-refractivity contribution in [1.82, 2.24) is 25.4 Å². The molecule has 0 spiro atoms. The minimum absolute atomic E-state index is 0.0957. The van der Waals surface area contributed by atoms with Gasteiger partial charge in [-0.1, -0.05) is 18.2 Å². The highest BCUT2D eigenvalue weighted by Crippen LogP contribution is 2.08. The monoisotopic (exact) mass is 305 g/mol. The molecule has 1 aromatic heterocycles. The lowest BCUT2D eigenvalue weighted by atomic mass is 10.2. The Bertz CT molecular complexity index is 628. The quantitative estimate of drug-likeness (QED) is 0.811. The second-order valence-electron chi connectivity index (χ2n) is 4.90. The third-order valence-corrected chi connectivity index (χ3v) is 3.33. The molecule has 0 aliphatic heterocycles. The van der Waals surface area contributed by atoms with Gasteiger partial charge in [0.15, 0.2) is 0 Å². The highest BCUT2D eigenvalue weighted by Gasteiger charge is 2.13. The molecule has 1 atom stereocenters. The molecule has 0 aliphatic carbocycles. The predicted molar refractivity (Wildman–Crippen MR) is 80.4 cm³/mol. The van der Waals surface area contributed by atoms with Gasteiger partial charge in [-0.2, -0.15) is 5.10 Å². The van der Waals surface area contributed by atoms with Crippen molar-refractivity contribution in [3.05, 3.63) is 47.8 Å². The summed E-state index contributed by atoms with van der Waals surface area (Å²) < 4.78 is 15.2. The summed E-state index contributed by atoms with van der Waals surface area (Å²) >= 11 is 0. The number of aromatic nitrogens is 3. The summed E-state index contributed by atoms with van der Waals surface area (Å²) in [4.78, 5) is 16.0. The Balaban J connectivity index is 1.79. The molecule has 0 saturated carbocycles. The molecule has 1 amide bonds.